The lowest BCUT2D eigenvalue weighted by molar-refractivity contribution is -0.154. The molecule has 0 aromatic rings. The maximum atomic E-state index is 11.4. The highest BCUT2D eigenvalue weighted by Crippen LogP contribution is 2.07. The number of rotatable bonds is 7. The monoisotopic (exact) mass is 245 g/mol. The van der Waals surface area contributed by atoms with Crippen molar-refractivity contribution < 1.29 is 14.6 Å². The van der Waals surface area contributed by atoms with Gasteiger partial charge in [0.05, 0.1) is 12.5 Å². The Morgan fingerprint density at radius 1 is 1.35 bits per heavy atom. The molecule has 0 spiro atoms. The number of hydrogen-bond donors (Lipinski definition) is 2. The van der Waals surface area contributed by atoms with Crippen molar-refractivity contribution in [3.63, 3.8) is 0 Å². The lowest BCUT2D eigenvalue weighted by Gasteiger charge is -2.19. The summed E-state index contributed by atoms with van der Waals surface area (Å²) in [6, 6.07) is 0. The van der Waals surface area contributed by atoms with Gasteiger partial charge in [-0.3, -0.25) is 4.79 Å². The highest BCUT2D eigenvalue weighted by molar-refractivity contribution is 5.70. The van der Waals surface area contributed by atoms with E-state index < -0.39 is 5.60 Å². The molecule has 4 nitrogen and oxygen atoms in total. The lowest BCUT2D eigenvalue weighted by atomic mass is 10.1. The molecule has 0 radical (unpaired) electrons. The standard InChI is InChI=1S/C13H27NO3/c1-10(2)8-11(15)9-14-7-6-12(16)17-13(3,4)5/h10-11,14-15H,6-9H2,1-5H3. The Labute approximate surface area is 105 Å². The van der Waals surface area contributed by atoms with Gasteiger partial charge in [0.15, 0.2) is 0 Å². The number of ether oxygens (including phenoxy) is 1. The van der Waals surface area contributed by atoms with Crippen LogP contribution in [0.5, 0.6) is 0 Å². The fourth-order valence-electron chi connectivity index (χ4n) is 1.48. The molecule has 0 aromatic heterocycles. The number of hydrogen-bond acceptors (Lipinski definition) is 4. The van der Waals surface area contributed by atoms with Crippen LogP contribution in [0.2, 0.25) is 0 Å². The van der Waals surface area contributed by atoms with E-state index in [4.69, 9.17) is 4.74 Å². The summed E-state index contributed by atoms with van der Waals surface area (Å²) in [4.78, 5) is 11.4. The van der Waals surface area contributed by atoms with Gasteiger partial charge in [0.25, 0.3) is 0 Å². The molecule has 1 atom stereocenters. The van der Waals surface area contributed by atoms with E-state index in [1.165, 1.54) is 0 Å². The van der Waals surface area contributed by atoms with E-state index in [0.29, 0.717) is 25.4 Å². The zero-order chi connectivity index (χ0) is 13.5. The van der Waals surface area contributed by atoms with Gasteiger partial charge < -0.3 is 15.2 Å². The fourth-order valence-corrected chi connectivity index (χ4v) is 1.48. The van der Waals surface area contributed by atoms with Gasteiger partial charge in [-0.25, -0.2) is 0 Å². The van der Waals surface area contributed by atoms with Crippen LogP contribution < -0.4 is 5.32 Å². The van der Waals surface area contributed by atoms with Gasteiger partial charge >= 0.3 is 5.97 Å². The molecule has 0 saturated carbocycles. The summed E-state index contributed by atoms with van der Waals surface area (Å²) in [5.74, 6) is 0.279. The van der Waals surface area contributed by atoms with E-state index in [2.05, 4.69) is 19.2 Å². The smallest absolute Gasteiger partial charge is 0.307 e. The quantitative estimate of drug-likeness (QED) is 0.529. The van der Waals surface area contributed by atoms with Crippen molar-refractivity contribution in [2.45, 2.75) is 59.2 Å². The second kappa shape index (κ2) is 7.67. The van der Waals surface area contributed by atoms with Crippen LogP contribution in [0.3, 0.4) is 0 Å². The summed E-state index contributed by atoms with van der Waals surface area (Å²) >= 11 is 0. The van der Waals surface area contributed by atoms with Crippen LogP contribution in [0.15, 0.2) is 0 Å². The van der Waals surface area contributed by atoms with Crippen molar-refractivity contribution in [1.82, 2.24) is 5.32 Å². The molecule has 0 aliphatic rings. The number of aliphatic hydroxyl groups is 1. The van der Waals surface area contributed by atoms with Crippen molar-refractivity contribution in [3.8, 4) is 0 Å². The van der Waals surface area contributed by atoms with Gasteiger partial charge in [-0.05, 0) is 33.1 Å². The molecule has 0 saturated heterocycles. The number of carbonyl (C=O) groups excluding carboxylic acids is 1. The highest BCUT2D eigenvalue weighted by atomic mass is 16.6. The van der Waals surface area contributed by atoms with Gasteiger partial charge in [-0.1, -0.05) is 13.8 Å². The number of aliphatic hydroxyl groups excluding tert-OH is 1. The summed E-state index contributed by atoms with van der Waals surface area (Å²) in [5, 5.41) is 12.6. The maximum Gasteiger partial charge on any atom is 0.307 e. The first-order valence-corrected chi connectivity index (χ1v) is 6.31. The third-order valence-electron chi connectivity index (χ3n) is 2.05. The molecule has 2 N–H and O–H groups in total. The van der Waals surface area contributed by atoms with E-state index >= 15 is 0 Å². The Morgan fingerprint density at radius 2 is 1.94 bits per heavy atom. The average molecular weight is 245 g/mol. The van der Waals surface area contributed by atoms with Gasteiger partial charge in [0, 0.05) is 13.1 Å². The molecule has 0 aromatic carbocycles. The minimum absolute atomic E-state index is 0.205. The molecule has 0 rings (SSSR count). The van der Waals surface area contributed by atoms with Crippen LogP contribution in [0.1, 0.15) is 47.5 Å². The summed E-state index contributed by atoms with van der Waals surface area (Å²) in [6.07, 6.45) is 0.777. The first-order chi connectivity index (χ1) is 7.70. The largest absolute Gasteiger partial charge is 0.460 e. The molecular weight excluding hydrogens is 218 g/mol. The van der Waals surface area contributed by atoms with Crippen molar-refractivity contribution >= 4 is 5.97 Å². The zero-order valence-corrected chi connectivity index (χ0v) is 11.7. The molecule has 0 aliphatic carbocycles. The Kier molecular flexibility index (Phi) is 7.39. The van der Waals surface area contributed by atoms with Gasteiger partial charge in [0.1, 0.15) is 5.60 Å². The molecule has 0 fully saturated rings. The van der Waals surface area contributed by atoms with Crippen LogP contribution >= 0.6 is 0 Å². The third-order valence-corrected chi connectivity index (χ3v) is 2.05. The van der Waals surface area contributed by atoms with E-state index in [1.807, 2.05) is 20.8 Å². The molecule has 0 amide bonds. The second-order valence-corrected chi connectivity index (χ2v) is 5.82. The lowest BCUT2D eigenvalue weighted by Crippen LogP contribution is -2.31. The molecule has 17 heavy (non-hydrogen) atoms. The predicted molar refractivity (Wildman–Crippen MR) is 68.8 cm³/mol. The maximum absolute atomic E-state index is 11.4. The Bertz CT molecular complexity index is 221. The van der Waals surface area contributed by atoms with Crippen molar-refractivity contribution in [3.05, 3.63) is 0 Å². The van der Waals surface area contributed by atoms with Crippen LogP contribution in [-0.4, -0.2) is 35.9 Å². The van der Waals surface area contributed by atoms with Crippen molar-refractivity contribution in [1.29, 1.82) is 0 Å². The van der Waals surface area contributed by atoms with Crippen LogP contribution in [0.25, 0.3) is 0 Å². The van der Waals surface area contributed by atoms with E-state index in [1.54, 1.807) is 0 Å². The highest BCUT2D eigenvalue weighted by Gasteiger charge is 2.15. The summed E-state index contributed by atoms with van der Waals surface area (Å²) in [5.41, 5.74) is -0.422. The molecule has 4 heteroatoms. The Morgan fingerprint density at radius 3 is 2.41 bits per heavy atom. The molecule has 102 valence electrons. The van der Waals surface area contributed by atoms with Gasteiger partial charge in [-0.15, -0.1) is 0 Å². The van der Waals surface area contributed by atoms with E-state index in [-0.39, 0.29) is 12.1 Å². The first-order valence-electron chi connectivity index (χ1n) is 6.31. The summed E-state index contributed by atoms with van der Waals surface area (Å²) in [6.45, 7) is 10.8. The first kappa shape index (κ1) is 16.4. The topological polar surface area (TPSA) is 58.6 Å². The fraction of sp³-hybridized carbons (Fsp3) is 0.923. The van der Waals surface area contributed by atoms with E-state index in [9.17, 15) is 9.90 Å². The molecular formula is C13H27NO3. The van der Waals surface area contributed by atoms with Crippen LogP contribution in [-0.2, 0) is 9.53 Å². The average Bonchev–Trinajstić information content (AvgIpc) is 2.08. The number of nitrogens with one attached hydrogen (secondary N) is 1. The van der Waals surface area contributed by atoms with Crippen LogP contribution in [0, 0.1) is 5.92 Å². The minimum atomic E-state index is -0.422. The van der Waals surface area contributed by atoms with Gasteiger partial charge in [-0.2, -0.15) is 0 Å². The van der Waals surface area contributed by atoms with Crippen molar-refractivity contribution in [2.24, 2.45) is 5.92 Å². The number of carbonyl (C=O) groups is 1. The Balaban J connectivity index is 3.55. The zero-order valence-electron chi connectivity index (χ0n) is 11.7. The SMILES string of the molecule is CC(C)CC(O)CNCCC(=O)OC(C)(C)C. The molecule has 1 unspecified atom stereocenters. The van der Waals surface area contributed by atoms with E-state index in [0.717, 1.165) is 6.42 Å². The number of esters is 1. The van der Waals surface area contributed by atoms with Crippen LogP contribution in [0.4, 0.5) is 0 Å². The Hall–Kier alpha value is -0.610. The molecule has 0 bridgehead atoms. The predicted octanol–water partition coefficient (Wildman–Crippen LogP) is 1.71. The van der Waals surface area contributed by atoms with Gasteiger partial charge in [0.2, 0.25) is 0 Å². The normalized spacial score (nSPS) is 13.8. The molecule has 0 heterocycles. The summed E-state index contributed by atoms with van der Waals surface area (Å²) < 4.78 is 5.17. The third kappa shape index (κ3) is 11.6. The van der Waals surface area contributed by atoms with Crippen molar-refractivity contribution in [2.75, 3.05) is 13.1 Å². The summed E-state index contributed by atoms with van der Waals surface area (Å²) in [7, 11) is 0. The molecule has 0 aliphatic heterocycles. The minimum Gasteiger partial charge on any atom is -0.460 e. The second-order valence-electron chi connectivity index (χ2n) is 5.82.